The van der Waals surface area contributed by atoms with E-state index in [1.165, 1.54) is 82.7 Å². The Morgan fingerprint density at radius 3 is 1.82 bits per heavy atom. The van der Waals surface area contributed by atoms with Gasteiger partial charge in [0.2, 0.25) is 0 Å². The van der Waals surface area contributed by atoms with Gasteiger partial charge >= 0.3 is 0 Å². The molecular weight excluding hydrogens is 783 g/mol. The molecule has 3 unspecified atom stereocenters. The quantitative estimate of drug-likeness (QED) is 0.145. The number of hydrogen-bond acceptors (Lipinski definition) is 1. The first-order valence-electron chi connectivity index (χ1n) is 23.0. The first-order chi connectivity index (χ1) is 32.3. The van der Waals surface area contributed by atoms with Gasteiger partial charge in [-0.15, -0.1) is 0 Å². The number of anilines is 3. The number of benzene rings is 10. The fourth-order valence-electron chi connectivity index (χ4n) is 12.2. The topological polar surface area (TPSA) is 3.24 Å². The second kappa shape index (κ2) is 14.8. The highest BCUT2D eigenvalue weighted by molar-refractivity contribution is 6.14. The molecule has 1 heteroatoms. The van der Waals surface area contributed by atoms with Crippen molar-refractivity contribution in [2.45, 2.75) is 17.3 Å². The van der Waals surface area contributed by atoms with E-state index >= 15 is 0 Å². The fourth-order valence-corrected chi connectivity index (χ4v) is 12.2. The molecule has 0 bridgehead atoms. The van der Waals surface area contributed by atoms with Crippen LogP contribution >= 0.6 is 0 Å². The predicted octanol–water partition coefficient (Wildman–Crippen LogP) is 16.3. The van der Waals surface area contributed by atoms with E-state index in [-0.39, 0.29) is 11.3 Å². The summed E-state index contributed by atoms with van der Waals surface area (Å²) in [6, 6.07) is 86.5. The van der Waals surface area contributed by atoms with Crippen LogP contribution in [0.2, 0.25) is 0 Å². The highest BCUT2D eigenvalue weighted by atomic mass is 15.1. The highest BCUT2D eigenvalue weighted by Crippen LogP contribution is 2.67. The molecule has 10 aromatic carbocycles. The van der Waals surface area contributed by atoms with Gasteiger partial charge in [-0.2, -0.15) is 0 Å². The summed E-state index contributed by atoms with van der Waals surface area (Å²) in [6.45, 7) is 0. The van der Waals surface area contributed by atoms with Gasteiger partial charge in [0.15, 0.2) is 0 Å². The van der Waals surface area contributed by atoms with Crippen LogP contribution in [0.5, 0.6) is 0 Å². The zero-order valence-electron chi connectivity index (χ0n) is 36.0. The highest BCUT2D eigenvalue weighted by Gasteiger charge is 2.59. The fraction of sp³-hybridized carbons (Fsp3) is 0.0625. The molecule has 65 heavy (non-hydrogen) atoms. The third-order valence-corrected chi connectivity index (χ3v) is 14.8. The molecule has 0 spiro atoms. The predicted molar refractivity (Wildman–Crippen MR) is 272 cm³/mol. The minimum absolute atomic E-state index is 0.243. The van der Waals surface area contributed by atoms with Gasteiger partial charge in [0, 0.05) is 16.8 Å². The molecule has 0 heterocycles. The van der Waals surface area contributed by atoms with Crippen molar-refractivity contribution in [2.24, 2.45) is 5.92 Å². The largest absolute Gasteiger partial charge is 0.310 e. The second-order valence-electron chi connectivity index (χ2n) is 17.9. The van der Waals surface area contributed by atoms with E-state index in [9.17, 15) is 0 Å². The third kappa shape index (κ3) is 5.39. The van der Waals surface area contributed by atoms with Crippen LogP contribution in [0.15, 0.2) is 255 Å². The smallest absolute Gasteiger partial charge is 0.0708 e. The second-order valence-corrected chi connectivity index (χ2v) is 17.9. The normalized spacial score (nSPS) is 18.9. The lowest BCUT2D eigenvalue weighted by atomic mass is 9.50. The molecular formula is C64H45N. The minimum atomic E-state index is -0.646. The molecule has 0 N–H and O–H groups in total. The molecule has 0 saturated heterocycles. The molecule has 0 radical (unpaired) electrons. The van der Waals surface area contributed by atoms with Gasteiger partial charge in [0.05, 0.1) is 16.5 Å². The lowest BCUT2D eigenvalue weighted by molar-refractivity contribution is 0.431. The van der Waals surface area contributed by atoms with Crippen LogP contribution in [0, 0.1) is 5.92 Å². The first-order valence-corrected chi connectivity index (χ1v) is 23.0. The van der Waals surface area contributed by atoms with Crippen LogP contribution < -0.4 is 4.90 Å². The van der Waals surface area contributed by atoms with E-state index in [1.807, 2.05) is 0 Å². The molecule has 13 rings (SSSR count). The van der Waals surface area contributed by atoms with Crippen molar-refractivity contribution in [3.05, 3.63) is 294 Å². The Bertz CT molecular complexity index is 3530. The number of rotatable bonds is 7. The molecule has 3 aliphatic rings. The van der Waals surface area contributed by atoms with E-state index in [4.69, 9.17) is 0 Å². The van der Waals surface area contributed by atoms with Gasteiger partial charge in [-0.1, -0.05) is 224 Å². The molecule has 3 atom stereocenters. The molecule has 1 nitrogen and oxygen atoms in total. The number of nitrogens with zero attached hydrogens (tertiary/aromatic N) is 1. The lowest BCUT2D eigenvalue weighted by Crippen LogP contribution is -2.47. The molecule has 10 aromatic rings. The summed E-state index contributed by atoms with van der Waals surface area (Å²) in [4.78, 5) is 2.50. The van der Waals surface area contributed by atoms with Crippen LogP contribution in [0.1, 0.15) is 45.4 Å². The maximum atomic E-state index is 2.50. The van der Waals surface area contributed by atoms with E-state index in [2.05, 4.69) is 260 Å². The SMILES string of the molecule is C1=CCC(C23c4ccccc4-c4cccc(c42)C(c2ccccc2)(c2cccc(N(c4ccc(-c5ccccc5)cc4)c4cc5ccccc5c5ccccc45)c2)c2ccccc23)C=C1. The summed E-state index contributed by atoms with van der Waals surface area (Å²) in [7, 11) is 0. The third-order valence-electron chi connectivity index (χ3n) is 14.8. The molecule has 306 valence electrons. The average molecular weight is 828 g/mol. The van der Waals surface area contributed by atoms with Crippen molar-refractivity contribution in [2.75, 3.05) is 4.90 Å². The van der Waals surface area contributed by atoms with E-state index in [0.717, 1.165) is 23.5 Å². The number of allylic oxidation sites excluding steroid dienone is 4. The van der Waals surface area contributed by atoms with Crippen molar-refractivity contribution >= 4 is 38.6 Å². The Morgan fingerprint density at radius 2 is 1.02 bits per heavy atom. The van der Waals surface area contributed by atoms with Crippen LogP contribution in [0.3, 0.4) is 0 Å². The summed E-state index contributed by atoms with van der Waals surface area (Å²) in [5.41, 5.74) is 16.8. The lowest BCUT2D eigenvalue weighted by Gasteiger charge is -2.51. The van der Waals surface area contributed by atoms with Crippen LogP contribution in [0.25, 0.3) is 43.8 Å². The summed E-state index contributed by atoms with van der Waals surface area (Å²) in [5, 5.41) is 4.93. The zero-order valence-corrected chi connectivity index (χ0v) is 36.0. The van der Waals surface area contributed by atoms with E-state index in [1.54, 1.807) is 0 Å². The van der Waals surface area contributed by atoms with Crippen molar-refractivity contribution in [3.8, 4) is 22.3 Å². The zero-order chi connectivity index (χ0) is 43.0. The number of fused-ring (bicyclic) bond motifs is 8. The minimum Gasteiger partial charge on any atom is -0.310 e. The standard InChI is InChI=1S/C64H45N/c1-4-20-44(21-5-1)45-38-40-50(41-39-45)65(61-42-46-22-10-11-29-52(46)53-30-12-13-32-55(53)61)51-28-18-27-49(43-51)63(47-23-6-2-7-24-47)58-35-16-17-36-59(58)64(48-25-8-3-9-26-48)57-34-15-14-31-54(57)56-33-19-37-60(63)62(56)64/h1-25,27-43,48H,26H2. The van der Waals surface area contributed by atoms with E-state index < -0.39 is 5.41 Å². The Morgan fingerprint density at radius 1 is 0.400 bits per heavy atom. The van der Waals surface area contributed by atoms with Gasteiger partial charge < -0.3 is 4.90 Å². The maximum Gasteiger partial charge on any atom is 0.0708 e. The van der Waals surface area contributed by atoms with E-state index in [0.29, 0.717) is 0 Å². The monoisotopic (exact) mass is 827 g/mol. The van der Waals surface area contributed by atoms with Crippen LogP contribution in [0.4, 0.5) is 17.1 Å². The molecule has 0 amide bonds. The summed E-state index contributed by atoms with van der Waals surface area (Å²) in [6.07, 6.45) is 10.3. The van der Waals surface area contributed by atoms with Gasteiger partial charge in [-0.05, 0) is 120 Å². The van der Waals surface area contributed by atoms with Gasteiger partial charge in [-0.3, -0.25) is 0 Å². The van der Waals surface area contributed by atoms with Gasteiger partial charge in [0.25, 0.3) is 0 Å². The summed E-state index contributed by atoms with van der Waals surface area (Å²) in [5.74, 6) is 0.243. The van der Waals surface area contributed by atoms with Crippen molar-refractivity contribution in [1.82, 2.24) is 0 Å². The Hall–Kier alpha value is -8.00. The van der Waals surface area contributed by atoms with Crippen molar-refractivity contribution in [3.63, 3.8) is 0 Å². The van der Waals surface area contributed by atoms with Gasteiger partial charge in [0.1, 0.15) is 0 Å². The summed E-state index contributed by atoms with van der Waals surface area (Å²) < 4.78 is 0. The molecule has 0 aliphatic heterocycles. The first kappa shape index (κ1) is 37.5. The maximum absolute atomic E-state index is 2.50. The van der Waals surface area contributed by atoms with Gasteiger partial charge in [-0.25, -0.2) is 0 Å². The molecule has 0 saturated carbocycles. The van der Waals surface area contributed by atoms with Crippen molar-refractivity contribution < 1.29 is 0 Å². The van der Waals surface area contributed by atoms with Crippen LogP contribution in [-0.4, -0.2) is 0 Å². The van der Waals surface area contributed by atoms with Crippen LogP contribution in [-0.2, 0) is 10.8 Å². The average Bonchev–Trinajstić information content (AvgIpc) is 3.70. The molecule has 0 fully saturated rings. The molecule has 3 aliphatic carbocycles. The Balaban J connectivity index is 1.11. The Labute approximate surface area is 380 Å². The molecule has 0 aromatic heterocycles. The van der Waals surface area contributed by atoms with Crippen molar-refractivity contribution in [1.29, 1.82) is 0 Å². The Kier molecular flexibility index (Phi) is 8.55. The summed E-state index contributed by atoms with van der Waals surface area (Å²) >= 11 is 0. The number of hydrogen-bond donors (Lipinski definition) is 0.